The number of nitrogens with two attached hydrogens (primary N) is 1. The van der Waals surface area contributed by atoms with E-state index in [4.69, 9.17) is 5.73 Å². The van der Waals surface area contributed by atoms with E-state index < -0.39 is 0 Å². The highest BCUT2D eigenvalue weighted by atomic mass is 19.1. The molecule has 0 saturated heterocycles. The summed E-state index contributed by atoms with van der Waals surface area (Å²) < 4.78 is 13.6. The minimum absolute atomic E-state index is 0.0547. The van der Waals surface area contributed by atoms with Crippen LogP contribution in [-0.2, 0) is 0 Å². The summed E-state index contributed by atoms with van der Waals surface area (Å²) in [6, 6.07) is 7.15. The Balaban J connectivity index is 2.63. The molecule has 0 aliphatic heterocycles. The Morgan fingerprint density at radius 1 is 1.35 bits per heavy atom. The standard InChI is InChI=1S/C14H23FN2/c1-4-7-12(16)10-17(3)11(2)13-8-5-6-9-14(13)15/h5-6,8-9,11-12H,4,7,10,16H2,1-3H3. The molecule has 1 rings (SSSR count). The van der Waals surface area contributed by atoms with E-state index in [1.54, 1.807) is 6.07 Å². The van der Waals surface area contributed by atoms with Crippen molar-refractivity contribution in [1.82, 2.24) is 4.90 Å². The molecule has 96 valence electrons. The van der Waals surface area contributed by atoms with E-state index in [1.165, 1.54) is 6.07 Å². The van der Waals surface area contributed by atoms with E-state index in [-0.39, 0.29) is 17.9 Å². The van der Waals surface area contributed by atoms with Gasteiger partial charge in [-0.2, -0.15) is 0 Å². The van der Waals surface area contributed by atoms with Crippen molar-refractivity contribution in [1.29, 1.82) is 0 Å². The molecule has 2 nitrogen and oxygen atoms in total. The van der Waals surface area contributed by atoms with Crippen LogP contribution in [-0.4, -0.2) is 24.5 Å². The molecule has 0 spiro atoms. The van der Waals surface area contributed by atoms with Crippen LogP contribution >= 0.6 is 0 Å². The lowest BCUT2D eigenvalue weighted by Gasteiger charge is -2.28. The second-order valence-corrected chi connectivity index (χ2v) is 4.69. The van der Waals surface area contributed by atoms with Gasteiger partial charge in [-0.3, -0.25) is 4.90 Å². The van der Waals surface area contributed by atoms with E-state index in [0.717, 1.165) is 24.9 Å². The number of hydrogen-bond donors (Lipinski definition) is 1. The lowest BCUT2D eigenvalue weighted by molar-refractivity contribution is 0.236. The highest BCUT2D eigenvalue weighted by Gasteiger charge is 2.16. The number of hydrogen-bond acceptors (Lipinski definition) is 2. The van der Waals surface area contributed by atoms with E-state index in [0.29, 0.717) is 0 Å². The Labute approximate surface area is 104 Å². The van der Waals surface area contributed by atoms with Gasteiger partial charge in [0.25, 0.3) is 0 Å². The summed E-state index contributed by atoms with van der Waals surface area (Å²) in [5.41, 5.74) is 6.74. The quantitative estimate of drug-likeness (QED) is 0.825. The first-order valence-electron chi connectivity index (χ1n) is 6.26. The summed E-state index contributed by atoms with van der Waals surface area (Å²) in [5, 5.41) is 0. The summed E-state index contributed by atoms with van der Waals surface area (Å²) >= 11 is 0. The minimum atomic E-state index is -0.143. The molecule has 0 amide bonds. The molecular weight excluding hydrogens is 215 g/mol. The van der Waals surface area contributed by atoms with Crippen molar-refractivity contribution in [2.45, 2.75) is 38.8 Å². The van der Waals surface area contributed by atoms with Crippen LogP contribution in [0.1, 0.15) is 38.3 Å². The Morgan fingerprint density at radius 2 is 2.00 bits per heavy atom. The van der Waals surface area contributed by atoms with E-state index in [1.807, 2.05) is 26.1 Å². The second-order valence-electron chi connectivity index (χ2n) is 4.69. The molecule has 0 radical (unpaired) electrons. The molecule has 0 bridgehead atoms. The maximum Gasteiger partial charge on any atom is 0.127 e. The van der Waals surface area contributed by atoms with Gasteiger partial charge in [0, 0.05) is 24.2 Å². The average Bonchev–Trinajstić information content (AvgIpc) is 2.29. The Morgan fingerprint density at radius 3 is 2.59 bits per heavy atom. The van der Waals surface area contributed by atoms with Crippen LogP contribution in [0.4, 0.5) is 4.39 Å². The normalized spacial score (nSPS) is 14.9. The van der Waals surface area contributed by atoms with Gasteiger partial charge in [0.05, 0.1) is 0 Å². The second kappa shape index (κ2) is 6.72. The summed E-state index contributed by atoms with van der Waals surface area (Å²) in [5.74, 6) is -0.143. The zero-order valence-electron chi connectivity index (χ0n) is 11.0. The predicted molar refractivity (Wildman–Crippen MR) is 70.3 cm³/mol. The third kappa shape index (κ3) is 4.10. The summed E-state index contributed by atoms with van der Waals surface area (Å²) in [6.45, 7) is 4.93. The highest BCUT2D eigenvalue weighted by molar-refractivity contribution is 5.20. The molecule has 0 aliphatic carbocycles. The van der Waals surface area contributed by atoms with Crippen molar-refractivity contribution in [3.05, 3.63) is 35.6 Å². The zero-order valence-corrected chi connectivity index (χ0v) is 11.0. The van der Waals surface area contributed by atoms with Gasteiger partial charge in [0.1, 0.15) is 5.82 Å². The third-order valence-electron chi connectivity index (χ3n) is 3.20. The minimum Gasteiger partial charge on any atom is -0.327 e. The molecule has 0 saturated carbocycles. The molecule has 0 aromatic heterocycles. The number of rotatable bonds is 6. The molecule has 17 heavy (non-hydrogen) atoms. The first-order valence-corrected chi connectivity index (χ1v) is 6.26. The van der Waals surface area contributed by atoms with Crippen LogP contribution in [0.5, 0.6) is 0 Å². The molecule has 1 aromatic carbocycles. The Bertz CT molecular complexity index is 341. The topological polar surface area (TPSA) is 29.3 Å². The number of benzene rings is 1. The van der Waals surface area contributed by atoms with Crippen LogP contribution in [0.3, 0.4) is 0 Å². The molecular formula is C14H23FN2. The van der Waals surface area contributed by atoms with Crippen molar-refractivity contribution in [2.24, 2.45) is 5.73 Å². The van der Waals surface area contributed by atoms with Crippen LogP contribution in [0.2, 0.25) is 0 Å². The molecule has 0 aliphatic rings. The van der Waals surface area contributed by atoms with E-state index in [9.17, 15) is 4.39 Å². The lowest BCUT2D eigenvalue weighted by Crippen LogP contribution is -2.36. The van der Waals surface area contributed by atoms with Crippen molar-refractivity contribution < 1.29 is 4.39 Å². The van der Waals surface area contributed by atoms with Crippen LogP contribution < -0.4 is 5.73 Å². The van der Waals surface area contributed by atoms with E-state index in [2.05, 4.69) is 11.8 Å². The van der Waals surface area contributed by atoms with Gasteiger partial charge in [0.2, 0.25) is 0 Å². The van der Waals surface area contributed by atoms with Gasteiger partial charge in [-0.05, 0) is 26.5 Å². The number of halogens is 1. The van der Waals surface area contributed by atoms with Crippen LogP contribution in [0, 0.1) is 5.82 Å². The van der Waals surface area contributed by atoms with Gasteiger partial charge in [-0.25, -0.2) is 4.39 Å². The Hall–Kier alpha value is -0.930. The van der Waals surface area contributed by atoms with Crippen molar-refractivity contribution in [3.8, 4) is 0 Å². The van der Waals surface area contributed by atoms with Gasteiger partial charge in [-0.15, -0.1) is 0 Å². The molecule has 0 fully saturated rings. The summed E-state index contributed by atoms with van der Waals surface area (Å²) in [4.78, 5) is 2.11. The smallest absolute Gasteiger partial charge is 0.127 e. The Kier molecular flexibility index (Phi) is 5.59. The average molecular weight is 238 g/mol. The van der Waals surface area contributed by atoms with E-state index >= 15 is 0 Å². The highest BCUT2D eigenvalue weighted by Crippen LogP contribution is 2.21. The number of nitrogens with zero attached hydrogens (tertiary/aromatic N) is 1. The van der Waals surface area contributed by atoms with Crippen LogP contribution in [0.15, 0.2) is 24.3 Å². The lowest BCUT2D eigenvalue weighted by atomic mass is 10.1. The molecule has 2 unspecified atom stereocenters. The van der Waals surface area contributed by atoms with Gasteiger partial charge >= 0.3 is 0 Å². The fraction of sp³-hybridized carbons (Fsp3) is 0.571. The molecule has 1 aromatic rings. The van der Waals surface area contributed by atoms with Gasteiger partial charge in [-0.1, -0.05) is 31.5 Å². The first-order chi connectivity index (χ1) is 8.06. The fourth-order valence-electron chi connectivity index (χ4n) is 2.04. The van der Waals surface area contributed by atoms with Crippen molar-refractivity contribution >= 4 is 0 Å². The largest absolute Gasteiger partial charge is 0.327 e. The molecule has 2 N–H and O–H groups in total. The van der Waals surface area contributed by atoms with Crippen LogP contribution in [0.25, 0.3) is 0 Å². The van der Waals surface area contributed by atoms with Gasteiger partial charge < -0.3 is 5.73 Å². The summed E-state index contributed by atoms with van der Waals surface area (Å²) in [6.07, 6.45) is 2.09. The SMILES string of the molecule is CCCC(N)CN(C)C(C)c1ccccc1F. The molecule has 3 heteroatoms. The zero-order chi connectivity index (χ0) is 12.8. The maximum absolute atomic E-state index is 13.6. The predicted octanol–water partition coefficient (Wildman–Crippen LogP) is 2.95. The monoisotopic (exact) mass is 238 g/mol. The molecule has 2 atom stereocenters. The maximum atomic E-state index is 13.6. The number of likely N-dealkylation sites (N-methyl/N-ethyl adjacent to an activating group) is 1. The summed E-state index contributed by atoms with van der Waals surface area (Å²) in [7, 11) is 1.99. The van der Waals surface area contributed by atoms with Crippen molar-refractivity contribution in [2.75, 3.05) is 13.6 Å². The fourth-order valence-corrected chi connectivity index (χ4v) is 2.04. The van der Waals surface area contributed by atoms with Gasteiger partial charge in [0.15, 0.2) is 0 Å². The van der Waals surface area contributed by atoms with Crippen molar-refractivity contribution in [3.63, 3.8) is 0 Å². The first kappa shape index (κ1) is 14.1. The third-order valence-corrected chi connectivity index (χ3v) is 3.20. The molecule has 0 heterocycles.